The second-order valence-corrected chi connectivity index (χ2v) is 4.92. The van der Waals surface area contributed by atoms with Crippen LogP contribution in [-0.2, 0) is 0 Å². The number of rotatable bonds is 2. The van der Waals surface area contributed by atoms with Gasteiger partial charge in [-0.3, -0.25) is 4.79 Å². The molecule has 5 heteroatoms. The van der Waals surface area contributed by atoms with E-state index in [-0.39, 0.29) is 11.7 Å². The Balaban J connectivity index is 2.28. The number of nitrogens with one attached hydrogen (secondary N) is 1. The Morgan fingerprint density at radius 1 is 1.16 bits per heavy atom. The quantitative estimate of drug-likeness (QED) is 0.813. The first-order chi connectivity index (χ1) is 8.97. The van der Waals surface area contributed by atoms with Crippen LogP contribution >= 0.6 is 23.2 Å². The molecule has 1 amide bonds. The Hall–Kier alpha value is -1.71. The normalized spacial score (nSPS) is 10.3. The molecule has 0 saturated heterocycles. The predicted octanol–water partition coefficient (Wildman–Crippen LogP) is 4.26. The molecular formula is C14H11Cl2NO2. The molecule has 0 radical (unpaired) electrons. The number of phenols is 1. The summed E-state index contributed by atoms with van der Waals surface area (Å²) in [5, 5.41) is 12.8. The third-order valence-corrected chi connectivity index (χ3v) is 3.20. The number of phenolic OH excluding ortho intramolecular Hbond substituents is 1. The molecule has 0 saturated carbocycles. The number of anilines is 1. The average Bonchev–Trinajstić information content (AvgIpc) is 2.35. The van der Waals surface area contributed by atoms with Gasteiger partial charge >= 0.3 is 0 Å². The maximum atomic E-state index is 12.1. The second-order valence-electron chi connectivity index (χ2n) is 4.08. The fourth-order valence-corrected chi connectivity index (χ4v) is 2.02. The van der Waals surface area contributed by atoms with Crippen LogP contribution in [0.15, 0.2) is 36.4 Å². The molecule has 3 nitrogen and oxygen atoms in total. The van der Waals surface area contributed by atoms with Crippen molar-refractivity contribution in [3.63, 3.8) is 0 Å². The standard InChI is InChI=1S/C14H11Cl2NO2/c1-8-6-10(18)3-5-13(8)17-14(19)11-7-9(15)2-4-12(11)16/h2-7,18H,1H3,(H,17,19). The first-order valence-corrected chi connectivity index (χ1v) is 6.29. The van der Waals surface area contributed by atoms with Crippen LogP contribution in [0.3, 0.4) is 0 Å². The smallest absolute Gasteiger partial charge is 0.257 e. The fraction of sp³-hybridized carbons (Fsp3) is 0.0714. The number of hydrogen-bond acceptors (Lipinski definition) is 2. The molecule has 98 valence electrons. The van der Waals surface area contributed by atoms with E-state index < -0.39 is 0 Å². The molecule has 0 fully saturated rings. The number of hydrogen-bond donors (Lipinski definition) is 2. The van der Waals surface area contributed by atoms with E-state index in [1.54, 1.807) is 31.2 Å². The summed E-state index contributed by atoms with van der Waals surface area (Å²) in [6.07, 6.45) is 0. The van der Waals surface area contributed by atoms with E-state index in [1.165, 1.54) is 12.1 Å². The van der Waals surface area contributed by atoms with Gasteiger partial charge in [-0.2, -0.15) is 0 Å². The van der Waals surface area contributed by atoms with E-state index in [2.05, 4.69) is 5.32 Å². The summed E-state index contributed by atoms with van der Waals surface area (Å²) in [6.45, 7) is 1.79. The maximum absolute atomic E-state index is 12.1. The third-order valence-electron chi connectivity index (χ3n) is 2.63. The monoisotopic (exact) mass is 295 g/mol. The molecule has 2 aromatic carbocycles. The summed E-state index contributed by atoms with van der Waals surface area (Å²) >= 11 is 11.8. The molecule has 2 rings (SSSR count). The van der Waals surface area contributed by atoms with Crippen molar-refractivity contribution in [1.29, 1.82) is 0 Å². The minimum absolute atomic E-state index is 0.149. The van der Waals surface area contributed by atoms with Gasteiger partial charge in [0.1, 0.15) is 5.75 Å². The van der Waals surface area contributed by atoms with E-state index in [9.17, 15) is 9.90 Å². The lowest BCUT2D eigenvalue weighted by Gasteiger charge is -2.10. The largest absolute Gasteiger partial charge is 0.508 e. The fourth-order valence-electron chi connectivity index (χ4n) is 1.65. The van der Waals surface area contributed by atoms with Crippen LogP contribution in [0.1, 0.15) is 15.9 Å². The Kier molecular flexibility index (Phi) is 3.98. The Morgan fingerprint density at radius 2 is 1.89 bits per heavy atom. The molecule has 0 aliphatic rings. The van der Waals surface area contributed by atoms with Crippen molar-refractivity contribution in [3.05, 3.63) is 57.6 Å². The van der Waals surface area contributed by atoms with E-state index in [4.69, 9.17) is 23.2 Å². The van der Waals surface area contributed by atoms with Gasteiger partial charge in [0, 0.05) is 10.7 Å². The van der Waals surface area contributed by atoms with Gasteiger partial charge in [0.25, 0.3) is 5.91 Å². The highest BCUT2D eigenvalue weighted by molar-refractivity contribution is 6.36. The van der Waals surface area contributed by atoms with Gasteiger partial charge in [0.05, 0.1) is 10.6 Å². The highest BCUT2D eigenvalue weighted by atomic mass is 35.5. The van der Waals surface area contributed by atoms with Gasteiger partial charge in [-0.1, -0.05) is 23.2 Å². The zero-order chi connectivity index (χ0) is 14.0. The molecule has 2 N–H and O–H groups in total. The number of aryl methyl sites for hydroxylation is 1. The average molecular weight is 296 g/mol. The highest BCUT2D eigenvalue weighted by Crippen LogP contribution is 2.24. The molecule has 0 aliphatic carbocycles. The third kappa shape index (κ3) is 3.19. The Morgan fingerprint density at radius 3 is 2.58 bits per heavy atom. The number of carbonyl (C=O) groups excluding carboxylic acids is 1. The van der Waals surface area contributed by atoms with Gasteiger partial charge in [-0.15, -0.1) is 0 Å². The van der Waals surface area contributed by atoms with Crippen LogP contribution in [0.5, 0.6) is 5.75 Å². The van der Waals surface area contributed by atoms with Gasteiger partial charge in [0.15, 0.2) is 0 Å². The van der Waals surface area contributed by atoms with Crippen molar-refractivity contribution in [2.45, 2.75) is 6.92 Å². The number of amides is 1. The van der Waals surface area contributed by atoms with Crippen LogP contribution in [0, 0.1) is 6.92 Å². The molecule has 0 bridgehead atoms. The SMILES string of the molecule is Cc1cc(O)ccc1NC(=O)c1cc(Cl)ccc1Cl. The lowest BCUT2D eigenvalue weighted by Crippen LogP contribution is -2.13. The van der Waals surface area contributed by atoms with Crippen LogP contribution in [0.4, 0.5) is 5.69 Å². The first kappa shape index (κ1) is 13.7. The van der Waals surface area contributed by atoms with Gasteiger partial charge in [0.2, 0.25) is 0 Å². The summed E-state index contributed by atoms with van der Waals surface area (Å²) in [4.78, 5) is 12.1. The van der Waals surface area contributed by atoms with E-state index >= 15 is 0 Å². The summed E-state index contributed by atoms with van der Waals surface area (Å²) in [6, 6.07) is 9.39. The molecule has 0 spiro atoms. The zero-order valence-electron chi connectivity index (χ0n) is 10.1. The minimum Gasteiger partial charge on any atom is -0.508 e. The lowest BCUT2D eigenvalue weighted by molar-refractivity contribution is 0.102. The second kappa shape index (κ2) is 5.51. The van der Waals surface area contributed by atoms with Crippen LogP contribution < -0.4 is 5.32 Å². The molecular weight excluding hydrogens is 285 g/mol. The van der Waals surface area contributed by atoms with E-state index in [1.807, 2.05) is 0 Å². The number of halogens is 2. The topological polar surface area (TPSA) is 49.3 Å². The van der Waals surface area contributed by atoms with E-state index in [0.717, 1.165) is 5.56 Å². The number of benzene rings is 2. The maximum Gasteiger partial charge on any atom is 0.257 e. The first-order valence-electron chi connectivity index (χ1n) is 5.53. The van der Waals surface area contributed by atoms with Crippen LogP contribution in [0.25, 0.3) is 0 Å². The van der Waals surface area contributed by atoms with E-state index in [0.29, 0.717) is 21.3 Å². The lowest BCUT2D eigenvalue weighted by atomic mass is 10.1. The van der Waals surface area contributed by atoms with Gasteiger partial charge in [-0.05, 0) is 48.9 Å². The molecule has 19 heavy (non-hydrogen) atoms. The number of aromatic hydroxyl groups is 1. The predicted molar refractivity (Wildman–Crippen MR) is 77.3 cm³/mol. The highest BCUT2D eigenvalue weighted by Gasteiger charge is 2.12. The van der Waals surface area contributed by atoms with Gasteiger partial charge in [-0.25, -0.2) is 0 Å². The summed E-state index contributed by atoms with van der Waals surface area (Å²) < 4.78 is 0. The minimum atomic E-state index is -0.346. The molecule has 0 atom stereocenters. The van der Waals surface area contributed by atoms with Crippen LogP contribution in [-0.4, -0.2) is 11.0 Å². The molecule has 2 aromatic rings. The van der Waals surface area contributed by atoms with Crippen molar-refractivity contribution in [2.75, 3.05) is 5.32 Å². The molecule has 0 aliphatic heterocycles. The summed E-state index contributed by atoms with van der Waals surface area (Å²) in [5.41, 5.74) is 1.67. The van der Waals surface area contributed by atoms with Gasteiger partial charge < -0.3 is 10.4 Å². The summed E-state index contributed by atoms with van der Waals surface area (Å²) in [5.74, 6) is -0.197. The molecule has 0 heterocycles. The Bertz CT molecular complexity index is 641. The van der Waals surface area contributed by atoms with Crippen molar-refractivity contribution >= 4 is 34.8 Å². The zero-order valence-corrected chi connectivity index (χ0v) is 11.6. The van der Waals surface area contributed by atoms with Crippen LogP contribution in [0.2, 0.25) is 10.0 Å². The molecule has 0 aromatic heterocycles. The Labute approximate surface area is 120 Å². The molecule has 0 unspecified atom stereocenters. The van der Waals surface area contributed by atoms with Crippen molar-refractivity contribution in [2.24, 2.45) is 0 Å². The van der Waals surface area contributed by atoms with Crippen molar-refractivity contribution in [1.82, 2.24) is 0 Å². The summed E-state index contributed by atoms with van der Waals surface area (Å²) in [7, 11) is 0. The number of carbonyl (C=O) groups is 1. The van der Waals surface area contributed by atoms with Crippen molar-refractivity contribution in [3.8, 4) is 5.75 Å². The van der Waals surface area contributed by atoms with Crippen molar-refractivity contribution < 1.29 is 9.90 Å².